The molecule has 0 aliphatic heterocycles. The van der Waals surface area contributed by atoms with Crippen molar-refractivity contribution >= 4 is 46.3 Å². The molecule has 0 unspecified atom stereocenters. The lowest BCUT2D eigenvalue weighted by Crippen LogP contribution is -2.13. The third-order valence-corrected chi connectivity index (χ3v) is 5.04. The molecule has 0 aliphatic carbocycles. The first-order valence-electron chi connectivity index (χ1n) is 8.58. The van der Waals surface area contributed by atoms with Crippen LogP contribution in [0, 0.1) is 0 Å². The highest BCUT2D eigenvalue weighted by Gasteiger charge is 2.11. The first kappa shape index (κ1) is 18.8. The summed E-state index contributed by atoms with van der Waals surface area (Å²) in [5.41, 5.74) is 7.57. The lowest BCUT2D eigenvalue weighted by atomic mass is 10.1. The van der Waals surface area contributed by atoms with Gasteiger partial charge in [0, 0.05) is 28.3 Å². The Balaban J connectivity index is 1.78. The number of carbonyl (C=O) groups excluding carboxylic acids is 2. The number of carbonyl (C=O) groups is 2. The molecule has 1 heterocycles. The molecular weight excluding hydrogens is 360 g/mol. The van der Waals surface area contributed by atoms with E-state index in [1.165, 1.54) is 17.8 Å². The summed E-state index contributed by atoms with van der Waals surface area (Å²) in [5.74, 6) is 0.343. The van der Waals surface area contributed by atoms with Crippen molar-refractivity contribution in [3.63, 3.8) is 0 Å². The van der Waals surface area contributed by atoms with E-state index in [9.17, 15) is 9.59 Å². The Labute approximate surface area is 161 Å². The summed E-state index contributed by atoms with van der Waals surface area (Å²) in [6.45, 7) is 2.02. The van der Waals surface area contributed by atoms with Crippen LogP contribution >= 0.6 is 11.8 Å². The average Bonchev–Trinajstić information content (AvgIpc) is 3.03. The van der Waals surface area contributed by atoms with Gasteiger partial charge in [-0.25, -0.2) is 0 Å². The minimum atomic E-state index is -0.403. The van der Waals surface area contributed by atoms with Crippen LogP contribution in [0.4, 0.5) is 5.69 Å². The van der Waals surface area contributed by atoms with Gasteiger partial charge >= 0.3 is 0 Å². The summed E-state index contributed by atoms with van der Waals surface area (Å²) in [6, 6.07) is 15.1. The molecule has 2 amide bonds. The highest BCUT2D eigenvalue weighted by Crippen LogP contribution is 2.28. The topological polar surface area (TPSA) is 85.3 Å². The van der Waals surface area contributed by atoms with Gasteiger partial charge in [-0.3, -0.25) is 9.59 Å². The number of primary amides is 1. The molecule has 3 N–H and O–H groups in total. The van der Waals surface area contributed by atoms with Crippen molar-refractivity contribution in [3.05, 3.63) is 65.9 Å². The second kappa shape index (κ2) is 8.60. The van der Waals surface area contributed by atoms with E-state index in [0.717, 1.165) is 33.6 Å². The van der Waals surface area contributed by atoms with E-state index >= 15 is 0 Å². The summed E-state index contributed by atoms with van der Waals surface area (Å²) in [5, 5.41) is 3.84. The molecule has 1 aromatic heterocycles. The van der Waals surface area contributed by atoms with Gasteiger partial charge in [0.25, 0.3) is 0 Å². The van der Waals surface area contributed by atoms with Crippen LogP contribution in [0.15, 0.2) is 63.9 Å². The third kappa shape index (κ3) is 4.60. The van der Waals surface area contributed by atoms with Gasteiger partial charge in [-0.05, 0) is 24.3 Å². The molecule has 2 aromatic carbocycles. The molecule has 0 bridgehead atoms. The fourth-order valence-corrected chi connectivity index (χ4v) is 3.49. The van der Waals surface area contributed by atoms with Crippen LogP contribution in [0.5, 0.6) is 0 Å². The maximum atomic E-state index is 12.4. The quantitative estimate of drug-likeness (QED) is 0.475. The molecule has 5 nitrogen and oxygen atoms in total. The second-order valence-electron chi connectivity index (χ2n) is 5.86. The predicted octanol–water partition coefficient (Wildman–Crippen LogP) is 4.22. The Morgan fingerprint density at radius 1 is 1.15 bits per heavy atom. The van der Waals surface area contributed by atoms with Crippen molar-refractivity contribution in [1.82, 2.24) is 0 Å². The van der Waals surface area contributed by atoms with Crippen molar-refractivity contribution in [2.24, 2.45) is 5.73 Å². The molecule has 0 spiro atoms. The standard InChI is InChI=1S/C21H20N2O3S/c1-2-17-15(14-7-3-5-9-18(14)26-17)11-12-21(25)23-16-8-4-6-10-19(16)27-13-20(22)24/h3-12H,2,13H2,1H3,(H2,22,24)(H,23,25)/b12-11+. The lowest BCUT2D eigenvalue weighted by Gasteiger charge is -2.08. The van der Waals surface area contributed by atoms with Gasteiger partial charge in [0.05, 0.1) is 11.4 Å². The average molecular weight is 380 g/mol. The number of benzene rings is 2. The highest BCUT2D eigenvalue weighted by atomic mass is 32.2. The van der Waals surface area contributed by atoms with Crippen LogP contribution in [-0.4, -0.2) is 17.6 Å². The first-order valence-corrected chi connectivity index (χ1v) is 9.56. The van der Waals surface area contributed by atoms with Crippen LogP contribution in [0.3, 0.4) is 0 Å². The maximum Gasteiger partial charge on any atom is 0.248 e. The number of nitrogens with one attached hydrogen (secondary N) is 1. The summed E-state index contributed by atoms with van der Waals surface area (Å²) in [4.78, 5) is 24.2. The van der Waals surface area contributed by atoms with Crippen molar-refractivity contribution in [1.29, 1.82) is 0 Å². The van der Waals surface area contributed by atoms with E-state index < -0.39 is 5.91 Å². The molecule has 0 fully saturated rings. The number of nitrogens with two attached hydrogens (primary N) is 1. The van der Waals surface area contributed by atoms with E-state index in [-0.39, 0.29) is 11.7 Å². The number of rotatable bonds is 7. The fraction of sp³-hybridized carbons (Fsp3) is 0.143. The van der Waals surface area contributed by atoms with Gasteiger partial charge in [0.2, 0.25) is 11.8 Å². The smallest absolute Gasteiger partial charge is 0.248 e. The number of hydrogen-bond acceptors (Lipinski definition) is 4. The second-order valence-corrected chi connectivity index (χ2v) is 6.88. The van der Waals surface area contributed by atoms with E-state index in [0.29, 0.717) is 5.69 Å². The molecule has 3 rings (SSSR count). The summed E-state index contributed by atoms with van der Waals surface area (Å²) >= 11 is 1.29. The molecule has 0 saturated carbocycles. The number of fused-ring (bicyclic) bond motifs is 1. The lowest BCUT2D eigenvalue weighted by molar-refractivity contribution is -0.115. The maximum absolute atomic E-state index is 12.4. The Morgan fingerprint density at radius 2 is 1.89 bits per heavy atom. The Hall–Kier alpha value is -2.99. The molecule has 6 heteroatoms. The molecule has 0 aliphatic rings. The summed E-state index contributed by atoms with van der Waals surface area (Å²) < 4.78 is 5.84. The van der Waals surface area contributed by atoms with E-state index in [2.05, 4.69) is 5.32 Å². The predicted molar refractivity (Wildman–Crippen MR) is 110 cm³/mol. The van der Waals surface area contributed by atoms with Gasteiger partial charge in [-0.2, -0.15) is 0 Å². The van der Waals surface area contributed by atoms with Crippen LogP contribution in [0.1, 0.15) is 18.2 Å². The normalized spacial score (nSPS) is 11.1. The molecule has 0 saturated heterocycles. The summed E-state index contributed by atoms with van der Waals surface area (Å²) in [7, 11) is 0. The van der Waals surface area contributed by atoms with Crippen molar-refractivity contribution in [3.8, 4) is 0 Å². The molecule has 138 valence electrons. The van der Waals surface area contributed by atoms with Crippen LogP contribution in [-0.2, 0) is 16.0 Å². The first-order chi connectivity index (χ1) is 13.1. The Kier molecular flexibility index (Phi) is 5.98. The van der Waals surface area contributed by atoms with Crippen molar-refractivity contribution in [2.75, 3.05) is 11.1 Å². The van der Waals surface area contributed by atoms with Crippen molar-refractivity contribution in [2.45, 2.75) is 18.2 Å². The van der Waals surface area contributed by atoms with E-state index in [4.69, 9.17) is 10.2 Å². The van der Waals surface area contributed by atoms with Gasteiger partial charge in [-0.15, -0.1) is 11.8 Å². The Morgan fingerprint density at radius 3 is 2.67 bits per heavy atom. The summed E-state index contributed by atoms with van der Waals surface area (Å²) in [6.07, 6.45) is 4.01. The van der Waals surface area contributed by atoms with Crippen LogP contribution < -0.4 is 11.1 Å². The zero-order valence-corrected chi connectivity index (χ0v) is 15.7. The minimum Gasteiger partial charge on any atom is -0.460 e. The molecule has 0 radical (unpaired) electrons. The zero-order valence-electron chi connectivity index (χ0n) is 14.9. The van der Waals surface area contributed by atoms with E-state index in [1.807, 2.05) is 49.4 Å². The number of para-hydroxylation sites is 2. The number of thioether (sulfide) groups is 1. The van der Waals surface area contributed by atoms with Crippen LogP contribution in [0.25, 0.3) is 17.0 Å². The van der Waals surface area contributed by atoms with Crippen LogP contribution in [0.2, 0.25) is 0 Å². The molecule has 3 aromatic rings. The Bertz CT molecular complexity index is 1010. The SMILES string of the molecule is CCc1oc2ccccc2c1/C=C/C(=O)Nc1ccccc1SCC(N)=O. The monoisotopic (exact) mass is 380 g/mol. The number of hydrogen-bond donors (Lipinski definition) is 2. The highest BCUT2D eigenvalue weighted by molar-refractivity contribution is 8.00. The number of anilines is 1. The third-order valence-electron chi connectivity index (χ3n) is 3.95. The fourth-order valence-electron chi connectivity index (χ4n) is 2.74. The van der Waals surface area contributed by atoms with Gasteiger partial charge in [0.15, 0.2) is 0 Å². The van der Waals surface area contributed by atoms with Gasteiger partial charge < -0.3 is 15.5 Å². The largest absolute Gasteiger partial charge is 0.460 e. The van der Waals surface area contributed by atoms with Gasteiger partial charge in [0.1, 0.15) is 11.3 Å². The number of amides is 2. The number of furan rings is 1. The molecular formula is C21H20N2O3S. The minimum absolute atomic E-state index is 0.156. The van der Waals surface area contributed by atoms with Gasteiger partial charge in [-0.1, -0.05) is 37.3 Å². The van der Waals surface area contributed by atoms with E-state index in [1.54, 1.807) is 12.1 Å². The number of aryl methyl sites for hydroxylation is 1. The molecule has 27 heavy (non-hydrogen) atoms. The van der Waals surface area contributed by atoms with Crippen molar-refractivity contribution < 1.29 is 14.0 Å². The zero-order chi connectivity index (χ0) is 19.2. The molecule has 0 atom stereocenters.